The minimum absolute atomic E-state index is 0.110. The Morgan fingerprint density at radius 3 is 2.94 bits per heavy atom. The van der Waals surface area contributed by atoms with E-state index in [1.165, 1.54) is 19.3 Å². The summed E-state index contributed by atoms with van der Waals surface area (Å²) >= 11 is 0. The Hall–Kier alpha value is -2.37. The molecule has 6 nitrogen and oxygen atoms in total. The Balaban J connectivity index is 2.32. The minimum atomic E-state index is -0.520. The predicted molar refractivity (Wildman–Crippen MR) is 55.5 cm³/mol. The van der Waals surface area contributed by atoms with E-state index in [0.29, 0.717) is 5.76 Å². The summed E-state index contributed by atoms with van der Waals surface area (Å²) in [6.45, 7) is 1.52. The van der Waals surface area contributed by atoms with Gasteiger partial charge in [0.2, 0.25) is 5.76 Å². The van der Waals surface area contributed by atoms with Gasteiger partial charge in [0.25, 0.3) is 0 Å². The van der Waals surface area contributed by atoms with Crippen molar-refractivity contribution in [1.82, 2.24) is 5.16 Å². The molecule has 82 valence electrons. The number of hydrogen-bond donors (Lipinski definition) is 0. The molecule has 2 rings (SSSR count). The van der Waals surface area contributed by atoms with Crippen molar-refractivity contribution in [3.05, 3.63) is 45.7 Å². The fourth-order valence-corrected chi connectivity index (χ4v) is 1.26. The molecule has 0 atom stereocenters. The maximum atomic E-state index is 10.7. The molecule has 0 bridgehead atoms. The number of aromatic nitrogens is 1. The molecule has 2 aromatic rings. The Kier molecular flexibility index (Phi) is 2.55. The van der Waals surface area contributed by atoms with Crippen LogP contribution in [0.25, 0.3) is 12.2 Å². The van der Waals surface area contributed by atoms with Gasteiger partial charge in [0, 0.05) is 0 Å². The Labute approximate surface area is 90.3 Å². The highest BCUT2D eigenvalue weighted by Gasteiger charge is 2.21. The molecular formula is C10H8N2O4. The SMILES string of the molecule is Cc1noc(/C=C/c2ccco2)c1[N+](=O)[O-]. The maximum Gasteiger partial charge on any atom is 0.338 e. The lowest BCUT2D eigenvalue weighted by Gasteiger charge is -1.87. The summed E-state index contributed by atoms with van der Waals surface area (Å²) in [6.07, 6.45) is 4.55. The second kappa shape index (κ2) is 4.01. The lowest BCUT2D eigenvalue weighted by molar-refractivity contribution is -0.386. The first-order chi connectivity index (χ1) is 7.68. The monoisotopic (exact) mass is 220 g/mol. The third-order valence-electron chi connectivity index (χ3n) is 1.98. The van der Waals surface area contributed by atoms with Gasteiger partial charge in [0.05, 0.1) is 11.2 Å². The fourth-order valence-electron chi connectivity index (χ4n) is 1.26. The molecule has 0 fully saturated rings. The van der Waals surface area contributed by atoms with Crippen molar-refractivity contribution >= 4 is 17.8 Å². The van der Waals surface area contributed by atoms with Crippen molar-refractivity contribution in [2.45, 2.75) is 6.92 Å². The molecule has 0 spiro atoms. The number of rotatable bonds is 3. The van der Waals surface area contributed by atoms with E-state index >= 15 is 0 Å². The number of nitrogens with zero attached hydrogens (tertiary/aromatic N) is 2. The zero-order chi connectivity index (χ0) is 11.5. The van der Waals surface area contributed by atoms with Gasteiger partial charge in [-0.2, -0.15) is 0 Å². The van der Waals surface area contributed by atoms with E-state index in [-0.39, 0.29) is 17.1 Å². The van der Waals surface area contributed by atoms with Gasteiger partial charge in [-0.1, -0.05) is 5.16 Å². The molecule has 2 aromatic heterocycles. The minimum Gasteiger partial charge on any atom is -0.465 e. The highest BCUT2D eigenvalue weighted by Crippen LogP contribution is 2.24. The van der Waals surface area contributed by atoms with Crippen LogP contribution in [0.4, 0.5) is 5.69 Å². The highest BCUT2D eigenvalue weighted by atomic mass is 16.6. The van der Waals surface area contributed by atoms with Crippen LogP contribution in [0.15, 0.2) is 27.3 Å². The standard InChI is InChI=1S/C10H8N2O4/c1-7-10(12(13)14)9(16-11-7)5-4-8-3-2-6-15-8/h2-6H,1H3/b5-4+. The van der Waals surface area contributed by atoms with Crippen LogP contribution in [0.2, 0.25) is 0 Å². The third-order valence-corrected chi connectivity index (χ3v) is 1.98. The van der Waals surface area contributed by atoms with Gasteiger partial charge >= 0.3 is 5.69 Å². The van der Waals surface area contributed by atoms with Gasteiger partial charge in [-0.25, -0.2) is 0 Å². The lowest BCUT2D eigenvalue weighted by atomic mass is 10.3. The largest absolute Gasteiger partial charge is 0.465 e. The van der Waals surface area contributed by atoms with Crippen LogP contribution < -0.4 is 0 Å². The molecule has 0 unspecified atom stereocenters. The van der Waals surface area contributed by atoms with Crippen LogP contribution in [-0.4, -0.2) is 10.1 Å². The zero-order valence-electron chi connectivity index (χ0n) is 8.41. The molecule has 0 N–H and O–H groups in total. The van der Waals surface area contributed by atoms with Gasteiger partial charge in [-0.3, -0.25) is 10.1 Å². The topological polar surface area (TPSA) is 82.3 Å². The zero-order valence-corrected chi connectivity index (χ0v) is 8.41. The van der Waals surface area contributed by atoms with Crippen LogP contribution in [-0.2, 0) is 0 Å². The second-order valence-electron chi connectivity index (χ2n) is 3.09. The van der Waals surface area contributed by atoms with Gasteiger partial charge in [-0.15, -0.1) is 0 Å². The molecule has 6 heteroatoms. The van der Waals surface area contributed by atoms with E-state index in [1.807, 2.05) is 0 Å². The summed E-state index contributed by atoms with van der Waals surface area (Å²) in [4.78, 5) is 10.2. The smallest absolute Gasteiger partial charge is 0.338 e. The van der Waals surface area contributed by atoms with Crippen molar-refractivity contribution in [1.29, 1.82) is 0 Å². The third kappa shape index (κ3) is 1.85. The first-order valence-corrected chi connectivity index (χ1v) is 4.50. The molecule has 0 radical (unpaired) electrons. The van der Waals surface area contributed by atoms with E-state index in [0.717, 1.165) is 0 Å². The van der Waals surface area contributed by atoms with Gasteiger partial charge in [0.1, 0.15) is 5.76 Å². The molecule has 16 heavy (non-hydrogen) atoms. The fraction of sp³-hybridized carbons (Fsp3) is 0.100. The number of nitro groups is 1. The highest BCUT2D eigenvalue weighted by molar-refractivity contribution is 5.69. The normalized spacial score (nSPS) is 11.1. The quantitative estimate of drug-likeness (QED) is 0.586. The van der Waals surface area contributed by atoms with Crippen molar-refractivity contribution in [2.24, 2.45) is 0 Å². The molecule has 0 aliphatic rings. The van der Waals surface area contributed by atoms with E-state index < -0.39 is 4.92 Å². The van der Waals surface area contributed by atoms with Gasteiger partial charge in [0.15, 0.2) is 5.69 Å². The first-order valence-electron chi connectivity index (χ1n) is 4.50. The maximum absolute atomic E-state index is 10.7. The van der Waals surface area contributed by atoms with Crippen molar-refractivity contribution < 1.29 is 13.9 Å². The summed E-state index contributed by atoms with van der Waals surface area (Å²) < 4.78 is 9.88. The summed E-state index contributed by atoms with van der Waals surface area (Å²) in [5.74, 6) is 0.697. The van der Waals surface area contributed by atoms with Gasteiger partial charge < -0.3 is 8.94 Å². The number of furan rings is 1. The lowest BCUT2D eigenvalue weighted by Crippen LogP contribution is -1.89. The van der Waals surface area contributed by atoms with E-state index in [4.69, 9.17) is 8.94 Å². The molecule has 0 saturated carbocycles. The predicted octanol–water partition coefficient (Wildman–Crippen LogP) is 2.65. The van der Waals surface area contributed by atoms with E-state index in [1.54, 1.807) is 18.2 Å². The summed E-state index contributed by atoms with van der Waals surface area (Å²) in [6, 6.07) is 3.45. The average Bonchev–Trinajstić information content (AvgIpc) is 2.83. The molecule has 0 amide bonds. The summed E-state index contributed by atoms with van der Waals surface area (Å²) in [5.41, 5.74) is 0.131. The molecular weight excluding hydrogens is 212 g/mol. The number of aryl methyl sites for hydroxylation is 1. The van der Waals surface area contributed by atoms with Crippen LogP contribution >= 0.6 is 0 Å². The van der Waals surface area contributed by atoms with Crippen molar-refractivity contribution in [3.63, 3.8) is 0 Å². The first kappa shape index (κ1) is 10.2. The Morgan fingerprint density at radius 1 is 1.50 bits per heavy atom. The Morgan fingerprint density at radius 2 is 2.31 bits per heavy atom. The molecule has 0 aromatic carbocycles. The van der Waals surface area contributed by atoms with Crippen LogP contribution in [0, 0.1) is 17.0 Å². The average molecular weight is 220 g/mol. The summed E-state index contributed by atoms with van der Waals surface area (Å²) in [7, 11) is 0. The molecule has 0 saturated heterocycles. The number of hydrogen-bond acceptors (Lipinski definition) is 5. The summed E-state index contributed by atoms with van der Waals surface area (Å²) in [5, 5.41) is 14.3. The van der Waals surface area contributed by atoms with Crippen LogP contribution in [0.5, 0.6) is 0 Å². The van der Waals surface area contributed by atoms with Crippen molar-refractivity contribution in [3.8, 4) is 0 Å². The molecule has 0 aliphatic carbocycles. The van der Waals surface area contributed by atoms with Crippen LogP contribution in [0.3, 0.4) is 0 Å². The second-order valence-corrected chi connectivity index (χ2v) is 3.09. The molecule has 2 heterocycles. The Bertz CT molecular complexity index is 525. The van der Waals surface area contributed by atoms with Gasteiger partial charge in [-0.05, 0) is 31.2 Å². The van der Waals surface area contributed by atoms with Crippen LogP contribution in [0.1, 0.15) is 17.2 Å². The van der Waals surface area contributed by atoms with E-state index in [2.05, 4.69) is 5.16 Å². The molecule has 0 aliphatic heterocycles. The van der Waals surface area contributed by atoms with Crippen molar-refractivity contribution in [2.75, 3.05) is 0 Å². The van der Waals surface area contributed by atoms with E-state index in [9.17, 15) is 10.1 Å².